The molecule has 0 aromatic carbocycles. The summed E-state index contributed by atoms with van der Waals surface area (Å²) in [6, 6.07) is 3.91. The van der Waals surface area contributed by atoms with Crippen LogP contribution in [0.2, 0.25) is 0 Å². The molecule has 1 aliphatic rings. The lowest BCUT2D eigenvalue weighted by atomic mass is 9.78. The van der Waals surface area contributed by atoms with Gasteiger partial charge in [0.25, 0.3) is 0 Å². The monoisotopic (exact) mass is 346 g/mol. The molecule has 1 atom stereocenters. The number of carbonyl (C=O) groups excluding carboxylic acids is 2. The van der Waals surface area contributed by atoms with E-state index in [9.17, 15) is 14.4 Å². The highest BCUT2D eigenvalue weighted by Gasteiger charge is 2.33. The van der Waals surface area contributed by atoms with Crippen molar-refractivity contribution in [2.75, 3.05) is 0 Å². The van der Waals surface area contributed by atoms with Crippen LogP contribution in [0.4, 0.5) is 0 Å². The standard InChI is InChI=1S/C19H22O4S/c1-11-12(2)19(23)17(13(3)18(11)22)14(15-8-6-10-24-15)7-4-5-9-16(20)21/h6,8,10,14H,4-5,7,9H2,1-3H3,(H,20,21). The van der Waals surface area contributed by atoms with E-state index in [2.05, 4.69) is 0 Å². The maximum Gasteiger partial charge on any atom is 0.303 e. The molecule has 0 saturated heterocycles. The van der Waals surface area contributed by atoms with Crippen LogP contribution in [0.15, 0.2) is 39.8 Å². The number of carbonyl (C=O) groups is 3. The number of ketones is 2. The molecule has 0 radical (unpaired) electrons. The Labute approximate surface area is 145 Å². The van der Waals surface area contributed by atoms with E-state index in [1.807, 2.05) is 17.5 Å². The summed E-state index contributed by atoms with van der Waals surface area (Å²) in [4.78, 5) is 37.0. The quantitative estimate of drug-likeness (QED) is 0.591. The van der Waals surface area contributed by atoms with Gasteiger partial charge in [0.05, 0.1) is 0 Å². The number of unbranched alkanes of at least 4 members (excludes halogenated alkanes) is 1. The van der Waals surface area contributed by atoms with Crippen molar-refractivity contribution in [2.45, 2.75) is 52.4 Å². The molecule has 1 aliphatic carbocycles. The summed E-state index contributed by atoms with van der Waals surface area (Å²) in [6.45, 7) is 5.13. The minimum atomic E-state index is -0.809. The first-order chi connectivity index (χ1) is 11.3. The van der Waals surface area contributed by atoms with Gasteiger partial charge in [-0.1, -0.05) is 12.5 Å². The number of carboxylic acids is 1. The van der Waals surface area contributed by atoms with Gasteiger partial charge in [0, 0.05) is 39.5 Å². The van der Waals surface area contributed by atoms with Gasteiger partial charge in [-0.25, -0.2) is 0 Å². The maximum absolute atomic E-state index is 12.8. The highest BCUT2D eigenvalue weighted by atomic mass is 32.1. The fraction of sp³-hybridized carbons (Fsp3) is 0.421. The third kappa shape index (κ3) is 3.73. The van der Waals surface area contributed by atoms with E-state index in [1.165, 1.54) is 0 Å². The van der Waals surface area contributed by atoms with Crippen LogP contribution in [0.5, 0.6) is 0 Å². The van der Waals surface area contributed by atoms with Crippen molar-refractivity contribution >= 4 is 28.9 Å². The van der Waals surface area contributed by atoms with E-state index >= 15 is 0 Å². The number of allylic oxidation sites excluding steroid dienone is 4. The molecule has 1 aromatic rings. The second-order valence-corrected chi connectivity index (χ2v) is 7.13. The number of carboxylic acid groups (broad SMARTS) is 1. The van der Waals surface area contributed by atoms with E-state index in [1.54, 1.807) is 32.1 Å². The van der Waals surface area contributed by atoms with Crippen molar-refractivity contribution in [1.29, 1.82) is 0 Å². The Morgan fingerprint density at radius 2 is 1.75 bits per heavy atom. The molecule has 1 N–H and O–H groups in total. The Bertz CT molecular complexity index is 723. The van der Waals surface area contributed by atoms with Crippen LogP contribution in [-0.2, 0) is 14.4 Å². The normalized spacial score (nSPS) is 16.8. The molecule has 5 heteroatoms. The summed E-state index contributed by atoms with van der Waals surface area (Å²) in [6.07, 6.45) is 2.07. The van der Waals surface area contributed by atoms with E-state index < -0.39 is 5.97 Å². The minimum Gasteiger partial charge on any atom is -0.481 e. The molecule has 0 bridgehead atoms. The SMILES string of the molecule is CC1=C(C)C(=O)C(C(CCCCC(=O)O)c2cccs2)=C(C)C1=O. The van der Waals surface area contributed by atoms with Gasteiger partial charge >= 0.3 is 5.97 Å². The van der Waals surface area contributed by atoms with Gasteiger partial charge < -0.3 is 5.11 Å². The van der Waals surface area contributed by atoms with Crippen LogP contribution >= 0.6 is 11.3 Å². The second kappa shape index (κ2) is 7.71. The van der Waals surface area contributed by atoms with E-state index in [0.717, 1.165) is 4.88 Å². The third-order valence-corrected chi connectivity index (χ3v) is 5.59. The molecule has 1 unspecified atom stereocenters. The highest BCUT2D eigenvalue weighted by Crippen LogP contribution is 2.39. The fourth-order valence-electron chi connectivity index (χ4n) is 3.08. The van der Waals surface area contributed by atoms with Gasteiger partial charge in [-0.15, -0.1) is 11.3 Å². The summed E-state index contributed by atoms with van der Waals surface area (Å²) < 4.78 is 0. The van der Waals surface area contributed by atoms with Crippen molar-refractivity contribution < 1.29 is 19.5 Å². The molecule has 24 heavy (non-hydrogen) atoms. The summed E-state index contributed by atoms with van der Waals surface area (Å²) in [5.41, 5.74) is 2.16. The van der Waals surface area contributed by atoms with Crippen LogP contribution in [0.1, 0.15) is 57.2 Å². The molecular weight excluding hydrogens is 324 g/mol. The summed E-state index contributed by atoms with van der Waals surface area (Å²) >= 11 is 1.57. The third-order valence-electron chi connectivity index (χ3n) is 4.60. The van der Waals surface area contributed by atoms with Gasteiger partial charge in [0.15, 0.2) is 11.6 Å². The van der Waals surface area contributed by atoms with E-state index in [-0.39, 0.29) is 23.9 Å². The molecule has 0 fully saturated rings. The fourth-order valence-corrected chi connectivity index (χ4v) is 3.95. The van der Waals surface area contributed by atoms with Gasteiger partial charge in [-0.05, 0) is 45.1 Å². The van der Waals surface area contributed by atoms with Crippen molar-refractivity contribution in [3.05, 3.63) is 44.7 Å². The highest BCUT2D eigenvalue weighted by molar-refractivity contribution is 7.10. The lowest BCUT2D eigenvalue weighted by Gasteiger charge is -2.25. The molecule has 1 heterocycles. The van der Waals surface area contributed by atoms with Crippen LogP contribution in [0.3, 0.4) is 0 Å². The van der Waals surface area contributed by atoms with Crippen molar-refractivity contribution in [3.63, 3.8) is 0 Å². The molecular formula is C19H22O4S. The Balaban J connectivity index is 2.32. The van der Waals surface area contributed by atoms with Crippen LogP contribution < -0.4 is 0 Å². The average molecular weight is 346 g/mol. The average Bonchev–Trinajstić information content (AvgIpc) is 3.07. The first-order valence-electron chi connectivity index (χ1n) is 8.07. The second-order valence-electron chi connectivity index (χ2n) is 6.15. The van der Waals surface area contributed by atoms with Crippen molar-refractivity contribution in [3.8, 4) is 0 Å². The Kier molecular flexibility index (Phi) is 5.89. The maximum atomic E-state index is 12.8. The van der Waals surface area contributed by atoms with Crippen LogP contribution in [0, 0.1) is 0 Å². The van der Waals surface area contributed by atoms with Gasteiger partial charge in [-0.2, -0.15) is 0 Å². The zero-order valence-electron chi connectivity index (χ0n) is 14.2. The predicted molar refractivity (Wildman–Crippen MR) is 94.3 cm³/mol. The molecule has 0 saturated carbocycles. The molecule has 0 aliphatic heterocycles. The molecule has 1 aromatic heterocycles. The first-order valence-corrected chi connectivity index (χ1v) is 8.95. The van der Waals surface area contributed by atoms with Gasteiger partial charge in [0.1, 0.15) is 0 Å². The van der Waals surface area contributed by atoms with Gasteiger partial charge in [0.2, 0.25) is 0 Å². The zero-order valence-corrected chi connectivity index (χ0v) is 15.0. The smallest absolute Gasteiger partial charge is 0.303 e. The molecule has 0 spiro atoms. The predicted octanol–water partition coefficient (Wildman–Crippen LogP) is 4.28. The summed E-state index contributed by atoms with van der Waals surface area (Å²) in [5, 5.41) is 10.7. The first kappa shape index (κ1) is 18.3. The lowest BCUT2D eigenvalue weighted by Crippen LogP contribution is -2.24. The molecule has 128 valence electrons. The van der Waals surface area contributed by atoms with Crippen LogP contribution in [0.25, 0.3) is 0 Å². The molecule has 4 nitrogen and oxygen atoms in total. The lowest BCUT2D eigenvalue weighted by molar-refractivity contribution is -0.137. The number of hydrogen-bond acceptors (Lipinski definition) is 4. The molecule has 0 amide bonds. The number of rotatable bonds is 7. The van der Waals surface area contributed by atoms with Crippen molar-refractivity contribution in [1.82, 2.24) is 0 Å². The number of Topliss-reactive ketones (excluding diaryl/α,β-unsaturated/α-hetero) is 2. The molecule has 2 rings (SSSR count). The van der Waals surface area contributed by atoms with Crippen molar-refractivity contribution in [2.24, 2.45) is 0 Å². The largest absolute Gasteiger partial charge is 0.481 e. The summed E-state index contributed by atoms with van der Waals surface area (Å²) in [7, 11) is 0. The number of aliphatic carboxylic acids is 1. The Morgan fingerprint density at radius 1 is 1.08 bits per heavy atom. The summed E-state index contributed by atoms with van der Waals surface area (Å²) in [5.74, 6) is -1.06. The number of thiophene rings is 1. The van der Waals surface area contributed by atoms with E-state index in [4.69, 9.17) is 5.11 Å². The van der Waals surface area contributed by atoms with Gasteiger partial charge in [-0.3, -0.25) is 14.4 Å². The minimum absolute atomic E-state index is 0.0544. The van der Waals surface area contributed by atoms with E-state index in [0.29, 0.717) is 41.6 Å². The zero-order chi connectivity index (χ0) is 17.9. The Morgan fingerprint density at radius 3 is 2.33 bits per heavy atom. The number of hydrogen-bond donors (Lipinski definition) is 1. The van der Waals surface area contributed by atoms with Crippen LogP contribution in [-0.4, -0.2) is 22.6 Å². The topological polar surface area (TPSA) is 71.4 Å². The Hall–Kier alpha value is -2.01.